The van der Waals surface area contributed by atoms with Gasteiger partial charge in [-0.15, -0.1) is 0 Å². The Bertz CT molecular complexity index is 646. The predicted octanol–water partition coefficient (Wildman–Crippen LogP) is 3.88. The lowest BCUT2D eigenvalue weighted by atomic mass is 9.99. The molecule has 3 heteroatoms. The Morgan fingerprint density at radius 2 is 1.78 bits per heavy atom. The second kappa shape index (κ2) is 4.45. The van der Waals surface area contributed by atoms with Crippen LogP contribution in [-0.2, 0) is 0 Å². The van der Waals surface area contributed by atoms with Crippen molar-refractivity contribution in [3.8, 4) is 22.5 Å². The molecule has 1 aromatic heterocycles. The Labute approximate surface area is 104 Å². The molecule has 0 radical (unpaired) electrons. The molecule has 1 heterocycles. The predicted molar refractivity (Wildman–Crippen MR) is 69.4 cm³/mol. The molecule has 0 aliphatic carbocycles. The average Bonchev–Trinajstić information content (AvgIpc) is 2.93. The Morgan fingerprint density at radius 1 is 0.944 bits per heavy atom. The fourth-order valence-electron chi connectivity index (χ4n) is 1.99. The van der Waals surface area contributed by atoms with Crippen molar-refractivity contribution in [3.63, 3.8) is 0 Å². The summed E-state index contributed by atoms with van der Waals surface area (Å²) in [5, 5.41) is 0. The summed E-state index contributed by atoms with van der Waals surface area (Å²) in [5.41, 5.74) is 2.78. The maximum atomic E-state index is 13.4. The van der Waals surface area contributed by atoms with Gasteiger partial charge in [-0.05, 0) is 23.3 Å². The van der Waals surface area contributed by atoms with Gasteiger partial charge in [-0.3, -0.25) is 0 Å². The molecule has 0 saturated heterocycles. The highest BCUT2D eigenvalue weighted by molar-refractivity contribution is 5.80. The molecule has 1 N–H and O–H groups in total. The maximum absolute atomic E-state index is 13.4. The summed E-state index contributed by atoms with van der Waals surface area (Å²) in [5.74, 6) is 0.412. The normalized spacial score (nSPS) is 10.5. The van der Waals surface area contributed by atoms with Gasteiger partial charge in [-0.25, -0.2) is 9.37 Å². The van der Waals surface area contributed by atoms with Gasteiger partial charge in [0, 0.05) is 18.0 Å². The van der Waals surface area contributed by atoms with Crippen molar-refractivity contribution in [3.05, 3.63) is 66.7 Å². The first kappa shape index (κ1) is 10.7. The van der Waals surface area contributed by atoms with Crippen molar-refractivity contribution in [2.75, 3.05) is 0 Å². The number of halogens is 1. The fraction of sp³-hybridized carbons (Fsp3) is 0. The first-order chi connectivity index (χ1) is 8.84. The van der Waals surface area contributed by atoms with Crippen LogP contribution >= 0.6 is 0 Å². The van der Waals surface area contributed by atoms with Crippen LogP contribution in [0.2, 0.25) is 0 Å². The molecule has 0 bridgehead atoms. The highest BCUT2D eigenvalue weighted by Gasteiger charge is 2.10. The zero-order valence-electron chi connectivity index (χ0n) is 9.60. The van der Waals surface area contributed by atoms with Crippen molar-refractivity contribution in [2.45, 2.75) is 0 Å². The second-order valence-corrected chi connectivity index (χ2v) is 3.99. The van der Waals surface area contributed by atoms with E-state index in [9.17, 15) is 4.39 Å². The average molecular weight is 238 g/mol. The molecular weight excluding hydrogens is 227 g/mol. The third-order valence-electron chi connectivity index (χ3n) is 2.82. The third kappa shape index (κ3) is 1.91. The van der Waals surface area contributed by atoms with E-state index < -0.39 is 0 Å². The van der Waals surface area contributed by atoms with E-state index in [1.807, 2.05) is 30.3 Å². The van der Waals surface area contributed by atoms with Crippen LogP contribution < -0.4 is 0 Å². The second-order valence-electron chi connectivity index (χ2n) is 3.99. The molecule has 2 nitrogen and oxygen atoms in total. The van der Waals surface area contributed by atoms with Crippen LogP contribution in [0.25, 0.3) is 22.5 Å². The quantitative estimate of drug-likeness (QED) is 0.721. The topological polar surface area (TPSA) is 28.7 Å². The lowest BCUT2D eigenvalue weighted by molar-refractivity contribution is 0.628. The van der Waals surface area contributed by atoms with Crippen molar-refractivity contribution >= 4 is 0 Å². The van der Waals surface area contributed by atoms with Gasteiger partial charge in [0.1, 0.15) is 11.6 Å². The highest BCUT2D eigenvalue weighted by Crippen LogP contribution is 2.30. The summed E-state index contributed by atoms with van der Waals surface area (Å²) >= 11 is 0. The van der Waals surface area contributed by atoms with E-state index in [0.29, 0.717) is 5.82 Å². The van der Waals surface area contributed by atoms with Crippen LogP contribution in [0, 0.1) is 5.82 Å². The summed E-state index contributed by atoms with van der Waals surface area (Å²) in [4.78, 5) is 7.20. The third-order valence-corrected chi connectivity index (χ3v) is 2.82. The van der Waals surface area contributed by atoms with E-state index in [1.54, 1.807) is 18.5 Å². The van der Waals surface area contributed by atoms with Gasteiger partial charge in [0.05, 0.1) is 0 Å². The minimum atomic E-state index is -0.263. The lowest BCUT2D eigenvalue weighted by Crippen LogP contribution is -1.88. The SMILES string of the molecule is Fc1ccc(-c2ccccc2)c(-c2ncc[nH]2)c1. The van der Waals surface area contributed by atoms with E-state index in [0.717, 1.165) is 16.7 Å². The van der Waals surface area contributed by atoms with Crippen LogP contribution in [0.15, 0.2) is 60.9 Å². The largest absolute Gasteiger partial charge is 0.345 e. The number of aromatic nitrogens is 2. The Balaban J connectivity index is 2.21. The van der Waals surface area contributed by atoms with Crippen LogP contribution in [0.1, 0.15) is 0 Å². The minimum Gasteiger partial charge on any atom is -0.345 e. The first-order valence-corrected chi connectivity index (χ1v) is 5.69. The standard InChI is InChI=1S/C15H11FN2/c16-12-6-7-13(11-4-2-1-3-5-11)14(10-12)15-17-8-9-18-15/h1-10H,(H,17,18). The number of aromatic amines is 1. The molecule has 3 rings (SSSR count). The number of nitrogens with one attached hydrogen (secondary N) is 1. The number of rotatable bonds is 2. The smallest absolute Gasteiger partial charge is 0.137 e. The molecule has 0 fully saturated rings. The molecule has 18 heavy (non-hydrogen) atoms. The summed E-state index contributed by atoms with van der Waals surface area (Å²) in [6.07, 6.45) is 3.39. The van der Waals surface area contributed by atoms with Gasteiger partial charge in [0.15, 0.2) is 0 Å². The summed E-state index contributed by atoms with van der Waals surface area (Å²) in [6.45, 7) is 0. The maximum Gasteiger partial charge on any atom is 0.137 e. The monoisotopic (exact) mass is 238 g/mol. The van der Waals surface area contributed by atoms with Crippen LogP contribution in [-0.4, -0.2) is 9.97 Å². The molecule has 88 valence electrons. The first-order valence-electron chi connectivity index (χ1n) is 5.69. The van der Waals surface area contributed by atoms with Gasteiger partial charge >= 0.3 is 0 Å². The number of benzene rings is 2. The van der Waals surface area contributed by atoms with E-state index in [-0.39, 0.29) is 5.82 Å². The summed E-state index contributed by atoms with van der Waals surface area (Å²) in [6, 6.07) is 14.6. The molecule has 0 unspecified atom stereocenters. The van der Waals surface area contributed by atoms with Crippen molar-refractivity contribution in [1.29, 1.82) is 0 Å². The van der Waals surface area contributed by atoms with Crippen molar-refractivity contribution in [1.82, 2.24) is 9.97 Å². The van der Waals surface area contributed by atoms with E-state index in [2.05, 4.69) is 9.97 Å². The Kier molecular flexibility index (Phi) is 2.65. The molecule has 3 aromatic rings. The fourth-order valence-corrected chi connectivity index (χ4v) is 1.99. The van der Waals surface area contributed by atoms with Crippen LogP contribution in [0.5, 0.6) is 0 Å². The molecule has 2 aromatic carbocycles. The number of hydrogen-bond donors (Lipinski definition) is 1. The minimum absolute atomic E-state index is 0.263. The molecule has 0 aliphatic rings. The van der Waals surface area contributed by atoms with Gasteiger partial charge in [-0.1, -0.05) is 36.4 Å². The van der Waals surface area contributed by atoms with Gasteiger partial charge < -0.3 is 4.98 Å². The van der Waals surface area contributed by atoms with Gasteiger partial charge in [0.2, 0.25) is 0 Å². The number of hydrogen-bond acceptors (Lipinski definition) is 1. The zero-order chi connectivity index (χ0) is 12.4. The summed E-state index contributed by atoms with van der Waals surface area (Å²) in [7, 11) is 0. The molecular formula is C15H11FN2. The van der Waals surface area contributed by atoms with Crippen molar-refractivity contribution < 1.29 is 4.39 Å². The Hall–Kier alpha value is -2.42. The van der Waals surface area contributed by atoms with E-state index in [1.165, 1.54) is 12.1 Å². The van der Waals surface area contributed by atoms with Gasteiger partial charge in [0.25, 0.3) is 0 Å². The molecule has 0 atom stereocenters. The number of nitrogens with zero attached hydrogens (tertiary/aromatic N) is 1. The molecule has 0 amide bonds. The summed E-state index contributed by atoms with van der Waals surface area (Å²) < 4.78 is 13.4. The molecule has 0 aliphatic heterocycles. The highest BCUT2D eigenvalue weighted by atomic mass is 19.1. The lowest BCUT2D eigenvalue weighted by Gasteiger charge is -2.08. The zero-order valence-corrected chi connectivity index (χ0v) is 9.60. The number of H-pyrrole nitrogens is 1. The number of imidazole rings is 1. The molecule has 0 saturated carbocycles. The van der Waals surface area contributed by atoms with Gasteiger partial charge in [-0.2, -0.15) is 0 Å². The van der Waals surface area contributed by atoms with E-state index in [4.69, 9.17) is 0 Å². The Morgan fingerprint density at radius 3 is 2.50 bits per heavy atom. The van der Waals surface area contributed by atoms with E-state index >= 15 is 0 Å². The van der Waals surface area contributed by atoms with Crippen LogP contribution in [0.3, 0.4) is 0 Å². The van der Waals surface area contributed by atoms with Crippen molar-refractivity contribution in [2.24, 2.45) is 0 Å². The van der Waals surface area contributed by atoms with Crippen LogP contribution in [0.4, 0.5) is 4.39 Å². The molecule has 0 spiro atoms.